The van der Waals surface area contributed by atoms with Crippen LogP contribution in [0.25, 0.3) is 11.0 Å². The maximum Gasteiger partial charge on any atom is 0.139 e. The lowest BCUT2D eigenvalue weighted by atomic mass is 10.1. The molecular weight excluding hydrogens is 162 g/mol. The molecule has 0 bridgehead atoms. The van der Waals surface area contributed by atoms with Gasteiger partial charge in [0.1, 0.15) is 11.8 Å². The van der Waals surface area contributed by atoms with Crippen molar-refractivity contribution in [2.45, 2.75) is 13.8 Å². The van der Waals surface area contributed by atoms with E-state index in [-0.39, 0.29) is 0 Å². The number of rotatable bonds is 1. The molecule has 68 valence electrons. The second-order valence-corrected chi connectivity index (χ2v) is 3.28. The van der Waals surface area contributed by atoms with Crippen LogP contribution in [0.3, 0.4) is 0 Å². The predicted octanol–water partition coefficient (Wildman–Crippen LogP) is 3.09. The van der Waals surface area contributed by atoms with Crippen LogP contribution in [0, 0.1) is 13.8 Å². The minimum atomic E-state index is 0.990. The molecule has 0 fully saturated rings. The first-order chi connectivity index (χ1) is 6.24. The molecule has 2 heteroatoms. The van der Waals surface area contributed by atoms with Gasteiger partial charge in [-0.25, -0.2) is 0 Å². The van der Waals surface area contributed by atoms with Crippen LogP contribution < -0.4 is 5.32 Å². The van der Waals surface area contributed by atoms with Crippen molar-refractivity contribution in [1.29, 1.82) is 0 Å². The molecule has 0 spiro atoms. The van der Waals surface area contributed by atoms with E-state index < -0.39 is 0 Å². The fourth-order valence-corrected chi connectivity index (χ4v) is 1.53. The Morgan fingerprint density at radius 1 is 1.23 bits per heavy atom. The molecule has 1 aromatic heterocycles. The summed E-state index contributed by atoms with van der Waals surface area (Å²) in [5.74, 6) is 0. The van der Waals surface area contributed by atoms with Crippen molar-refractivity contribution in [3.8, 4) is 0 Å². The molecule has 1 N–H and O–H groups in total. The van der Waals surface area contributed by atoms with Gasteiger partial charge in [-0.15, -0.1) is 0 Å². The van der Waals surface area contributed by atoms with E-state index in [0.29, 0.717) is 0 Å². The first kappa shape index (κ1) is 8.17. The number of nitrogens with one attached hydrogen (secondary N) is 1. The smallest absolute Gasteiger partial charge is 0.139 e. The summed E-state index contributed by atoms with van der Waals surface area (Å²) in [6, 6.07) is 4.21. The molecule has 2 nitrogen and oxygen atoms in total. The Balaban J connectivity index is 2.81. The molecule has 0 radical (unpaired) electrons. The topological polar surface area (TPSA) is 25.2 Å². The van der Waals surface area contributed by atoms with Crippen LogP contribution in [0.1, 0.15) is 11.1 Å². The average Bonchev–Trinajstić information content (AvgIpc) is 2.55. The van der Waals surface area contributed by atoms with Crippen molar-refractivity contribution >= 4 is 16.7 Å². The average molecular weight is 175 g/mol. The summed E-state index contributed by atoms with van der Waals surface area (Å²) in [5, 5.41) is 4.26. The van der Waals surface area contributed by atoms with Gasteiger partial charge < -0.3 is 9.73 Å². The van der Waals surface area contributed by atoms with Crippen molar-refractivity contribution in [3.63, 3.8) is 0 Å². The molecule has 1 heterocycles. The highest BCUT2D eigenvalue weighted by Gasteiger charge is 2.07. The Morgan fingerprint density at radius 3 is 2.69 bits per heavy atom. The normalized spacial score (nSPS) is 10.7. The number of hydrogen-bond donors (Lipinski definition) is 1. The van der Waals surface area contributed by atoms with Gasteiger partial charge in [-0.1, -0.05) is 6.07 Å². The molecule has 0 saturated heterocycles. The number of anilines is 1. The second-order valence-electron chi connectivity index (χ2n) is 3.28. The maximum atomic E-state index is 5.49. The molecule has 0 aliphatic rings. The predicted molar refractivity (Wildman–Crippen MR) is 55.2 cm³/mol. The zero-order valence-electron chi connectivity index (χ0n) is 8.14. The SMILES string of the molecule is CNc1coc2c(C)c(C)ccc12. The van der Waals surface area contributed by atoms with Gasteiger partial charge in [-0.05, 0) is 31.0 Å². The molecule has 0 atom stereocenters. The van der Waals surface area contributed by atoms with Crippen molar-refractivity contribution in [2.24, 2.45) is 0 Å². The van der Waals surface area contributed by atoms with Gasteiger partial charge in [0.2, 0.25) is 0 Å². The first-order valence-electron chi connectivity index (χ1n) is 4.39. The van der Waals surface area contributed by atoms with Gasteiger partial charge >= 0.3 is 0 Å². The van der Waals surface area contributed by atoms with Crippen LogP contribution in [0.4, 0.5) is 5.69 Å². The van der Waals surface area contributed by atoms with E-state index in [1.165, 1.54) is 11.1 Å². The molecule has 0 saturated carbocycles. The largest absolute Gasteiger partial charge is 0.462 e. The van der Waals surface area contributed by atoms with Crippen LogP contribution >= 0.6 is 0 Å². The van der Waals surface area contributed by atoms with Gasteiger partial charge in [0.15, 0.2) is 0 Å². The van der Waals surface area contributed by atoms with Crippen LogP contribution in [0.15, 0.2) is 22.8 Å². The summed E-state index contributed by atoms with van der Waals surface area (Å²) in [5.41, 5.74) is 4.53. The second kappa shape index (κ2) is 2.80. The summed E-state index contributed by atoms with van der Waals surface area (Å²) < 4.78 is 5.49. The third kappa shape index (κ3) is 1.10. The van der Waals surface area contributed by atoms with E-state index in [4.69, 9.17) is 4.42 Å². The van der Waals surface area contributed by atoms with Gasteiger partial charge in [-0.2, -0.15) is 0 Å². The van der Waals surface area contributed by atoms with E-state index >= 15 is 0 Å². The summed E-state index contributed by atoms with van der Waals surface area (Å²) >= 11 is 0. The monoisotopic (exact) mass is 175 g/mol. The zero-order chi connectivity index (χ0) is 9.42. The van der Waals surface area contributed by atoms with Crippen molar-refractivity contribution in [1.82, 2.24) is 0 Å². The van der Waals surface area contributed by atoms with E-state index in [1.54, 1.807) is 6.26 Å². The Bertz CT molecular complexity index is 443. The number of hydrogen-bond acceptors (Lipinski definition) is 2. The highest BCUT2D eigenvalue weighted by Crippen LogP contribution is 2.29. The molecule has 0 unspecified atom stereocenters. The molecule has 0 aliphatic heterocycles. The fourth-order valence-electron chi connectivity index (χ4n) is 1.53. The summed E-state index contributed by atoms with van der Waals surface area (Å²) in [7, 11) is 1.90. The first-order valence-corrected chi connectivity index (χ1v) is 4.39. The van der Waals surface area contributed by atoms with Crippen molar-refractivity contribution in [2.75, 3.05) is 12.4 Å². The van der Waals surface area contributed by atoms with Crippen molar-refractivity contribution in [3.05, 3.63) is 29.5 Å². The van der Waals surface area contributed by atoms with E-state index in [9.17, 15) is 0 Å². The Hall–Kier alpha value is -1.44. The lowest BCUT2D eigenvalue weighted by molar-refractivity contribution is 0.614. The Labute approximate surface area is 77.6 Å². The molecular formula is C11H13NO. The molecule has 2 aromatic rings. The minimum Gasteiger partial charge on any atom is -0.462 e. The van der Waals surface area contributed by atoms with Gasteiger partial charge in [0, 0.05) is 12.4 Å². The number of aryl methyl sites for hydroxylation is 2. The Morgan fingerprint density at radius 2 is 2.00 bits per heavy atom. The standard InChI is InChI=1S/C11H13NO/c1-7-4-5-9-10(12-3)6-13-11(9)8(7)2/h4-6,12H,1-3H3. The van der Waals surface area contributed by atoms with Gasteiger partial charge in [0.05, 0.1) is 5.69 Å². The molecule has 0 aliphatic carbocycles. The van der Waals surface area contributed by atoms with E-state index in [1.807, 2.05) is 7.05 Å². The summed E-state index contributed by atoms with van der Waals surface area (Å²) in [6.07, 6.45) is 1.76. The minimum absolute atomic E-state index is 0.990. The summed E-state index contributed by atoms with van der Waals surface area (Å²) in [6.45, 7) is 4.18. The Kier molecular flexibility index (Phi) is 1.76. The molecule has 0 amide bonds. The highest BCUT2D eigenvalue weighted by atomic mass is 16.3. The van der Waals surface area contributed by atoms with Crippen LogP contribution in [0.2, 0.25) is 0 Å². The van der Waals surface area contributed by atoms with E-state index in [2.05, 4.69) is 31.3 Å². The third-order valence-electron chi connectivity index (χ3n) is 2.53. The molecule has 2 rings (SSSR count). The summed E-state index contributed by atoms with van der Waals surface area (Å²) in [4.78, 5) is 0. The number of fused-ring (bicyclic) bond motifs is 1. The van der Waals surface area contributed by atoms with Gasteiger partial charge in [0.25, 0.3) is 0 Å². The number of benzene rings is 1. The van der Waals surface area contributed by atoms with Crippen LogP contribution in [-0.4, -0.2) is 7.05 Å². The zero-order valence-corrected chi connectivity index (χ0v) is 8.14. The van der Waals surface area contributed by atoms with Crippen LogP contribution in [-0.2, 0) is 0 Å². The maximum absolute atomic E-state index is 5.49. The lowest BCUT2D eigenvalue weighted by Crippen LogP contribution is -1.86. The van der Waals surface area contributed by atoms with Gasteiger partial charge in [-0.3, -0.25) is 0 Å². The quantitative estimate of drug-likeness (QED) is 0.720. The van der Waals surface area contributed by atoms with E-state index in [0.717, 1.165) is 16.7 Å². The number of furan rings is 1. The fraction of sp³-hybridized carbons (Fsp3) is 0.273. The highest BCUT2D eigenvalue weighted by molar-refractivity contribution is 5.92. The molecule has 1 aromatic carbocycles. The third-order valence-corrected chi connectivity index (χ3v) is 2.53. The lowest BCUT2D eigenvalue weighted by Gasteiger charge is -2.00. The molecule has 13 heavy (non-hydrogen) atoms. The van der Waals surface area contributed by atoms with Crippen LogP contribution in [0.5, 0.6) is 0 Å². The van der Waals surface area contributed by atoms with Crippen molar-refractivity contribution < 1.29 is 4.42 Å².